The van der Waals surface area contributed by atoms with Crippen LogP contribution in [-0.2, 0) is 5.41 Å². The van der Waals surface area contributed by atoms with Crippen LogP contribution in [0.25, 0.3) is 4.96 Å². The number of benzene rings is 1. The Labute approximate surface area is 139 Å². The molecule has 0 saturated heterocycles. The molecule has 1 aromatic carbocycles. The fourth-order valence-corrected chi connectivity index (χ4v) is 3.52. The predicted molar refractivity (Wildman–Crippen MR) is 93.4 cm³/mol. The van der Waals surface area contributed by atoms with Crippen molar-refractivity contribution in [1.82, 2.24) is 14.6 Å². The van der Waals surface area contributed by atoms with Crippen molar-refractivity contribution in [2.45, 2.75) is 40.0 Å². The fourth-order valence-electron chi connectivity index (χ4n) is 2.51. The number of carbonyl (C=O) groups is 1. The Bertz CT molecular complexity index is 869. The molecule has 0 fully saturated rings. The van der Waals surface area contributed by atoms with E-state index in [1.165, 1.54) is 16.9 Å². The van der Waals surface area contributed by atoms with Crippen LogP contribution in [0.5, 0.6) is 0 Å². The minimum absolute atomic E-state index is 0.0999. The van der Waals surface area contributed by atoms with Crippen LogP contribution in [0.2, 0.25) is 0 Å². The first-order valence-electron chi connectivity index (χ1n) is 7.50. The van der Waals surface area contributed by atoms with E-state index in [9.17, 15) is 4.79 Å². The number of nitrogens with zero attached hydrogens (tertiary/aromatic N) is 3. The molecule has 2 heterocycles. The van der Waals surface area contributed by atoms with Crippen LogP contribution in [0, 0.1) is 13.8 Å². The van der Waals surface area contributed by atoms with Gasteiger partial charge in [0.15, 0.2) is 0 Å². The van der Waals surface area contributed by atoms with Crippen molar-refractivity contribution in [3.8, 4) is 0 Å². The first-order chi connectivity index (χ1) is 10.8. The second kappa shape index (κ2) is 5.45. The summed E-state index contributed by atoms with van der Waals surface area (Å²) in [6.45, 7) is 10.3. The molecule has 0 bridgehead atoms. The first-order valence-corrected chi connectivity index (χ1v) is 8.32. The molecule has 0 radical (unpaired) electrons. The van der Waals surface area contributed by atoms with E-state index in [-0.39, 0.29) is 11.3 Å². The average Bonchev–Trinajstić information content (AvgIpc) is 3.00. The van der Waals surface area contributed by atoms with Gasteiger partial charge in [-0.25, -0.2) is 0 Å². The summed E-state index contributed by atoms with van der Waals surface area (Å²) in [6.07, 6.45) is 0. The molecule has 0 saturated carbocycles. The quantitative estimate of drug-likeness (QED) is 0.774. The number of thiazole rings is 1. The molecule has 3 aromatic rings. The molecular formula is C17H20N4OS. The highest BCUT2D eigenvalue weighted by molar-refractivity contribution is 7.19. The number of fused-ring (bicyclic) bond motifs is 1. The lowest BCUT2D eigenvalue weighted by Gasteiger charge is -2.19. The third-order valence-electron chi connectivity index (χ3n) is 3.87. The molecule has 23 heavy (non-hydrogen) atoms. The molecule has 2 aromatic heterocycles. The van der Waals surface area contributed by atoms with E-state index in [1.54, 1.807) is 0 Å². The zero-order valence-corrected chi connectivity index (χ0v) is 14.8. The van der Waals surface area contributed by atoms with Gasteiger partial charge in [-0.3, -0.25) is 9.20 Å². The van der Waals surface area contributed by atoms with Crippen molar-refractivity contribution in [3.05, 3.63) is 46.2 Å². The maximum atomic E-state index is 12.5. The summed E-state index contributed by atoms with van der Waals surface area (Å²) in [7, 11) is 0. The van der Waals surface area contributed by atoms with Gasteiger partial charge in [0, 0.05) is 11.4 Å². The van der Waals surface area contributed by atoms with Crippen molar-refractivity contribution in [3.63, 3.8) is 0 Å². The van der Waals surface area contributed by atoms with E-state index in [1.807, 2.05) is 30.4 Å². The highest BCUT2D eigenvalue weighted by atomic mass is 32.1. The van der Waals surface area contributed by atoms with Crippen molar-refractivity contribution in [1.29, 1.82) is 0 Å². The zero-order chi connectivity index (χ0) is 16.8. The normalized spacial score (nSPS) is 11.9. The lowest BCUT2D eigenvalue weighted by atomic mass is 9.87. The monoisotopic (exact) mass is 328 g/mol. The van der Waals surface area contributed by atoms with Crippen LogP contribution in [0.1, 0.15) is 47.5 Å². The summed E-state index contributed by atoms with van der Waals surface area (Å²) >= 11 is 1.36. The van der Waals surface area contributed by atoms with Gasteiger partial charge in [0.05, 0.1) is 0 Å². The maximum absolute atomic E-state index is 12.5. The number of amides is 1. The van der Waals surface area contributed by atoms with E-state index >= 15 is 0 Å². The van der Waals surface area contributed by atoms with Gasteiger partial charge in [-0.1, -0.05) is 44.2 Å². The summed E-state index contributed by atoms with van der Waals surface area (Å²) in [5, 5.41) is 11.1. The van der Waals surface area contributed by atoms with Crippen molar-refractivity contribution < 1.29 is 4.79 Å². The molecule has 6 heteroatoms. The molecule has 0 spiro atoms. The Hall–Kier alpha value is -2.21. The summed E-state index contributed by atoms with van der Waals surface area (Å²) in [6, 6.07) is 7.99. The molecule has 0 aliphatic rings. The number of anilines is 1. The van der Waals surface area contributed by atoms with Gasteiger partial charge in [-0.15, -0.1) is 10.2 Å². The standard InChI is InChI=1S/C17H20N4OS/c1-10-14(23-16-20-19-11(2)21(10)16)15(22)18-13-8-6-12(7-9-13)17(3,4)5/h6-9H,1-5H3,(H,18,22). The molecule has 0 aliphatic carbocycles. The van der Waals surface area contributed by atoms with Crippen LogP contribution >= 0.6 is 11.3 Å². The number of aromatic nitrogens is 3. The topological polar surface area (TPSA) is 59.3 Å². The molecule has 0 atom stereocenters. The number of nitrogens with one attached hydrogen (secondary N) is 1. The SMILES string of the molecule is Cc1nnc2sc(C(=O)Nc3ccc(C(C)(C)C)cc3)c(C)n12. The summed E-state index contributed by atoms with van der Waals surface area (Å²) < 4.78 is 1.91. The number of hydrogen-bond acceptors (Lipinski definition) is 4. The van der Waals surface area contributed by atoms with Crippen LogP contribution < -0.4 is 5.32 Å². The number of rotatable bonds is 2. The summed E-state index contributed by atoms with van der Waals surface area (Å²) in [4.78, 5) is 13.9. The summed E-state index contributed by atoms with van der Waals surface area (Å²) in [5.41, 5.74) is 3.01. The number of hydrogen-bond donors (Lipinski definition) is 1. The van der Waals surface area contributed by atoms with Crippen molar-refractivity contribution >= 4 is 27.9 Å². The zero-order valence-electron chi connectivity index (χ0n) is 14.0. The summed E-state index contributed by atoms with van der Waals surface area (Å²) in [5.74, 6) is 0.684. The van der Waals surface area contributed by atoms with Crippen LogP contribution in [-0.4, -0.2) is 20.5 Å². The van der Waals surface area contributed by atoms with Crippen molar-refractivity contribution in [2.24, 2.45) is 0 Å². The lowest BCUT2D eigenvalue weighted by Crippen LogP contribution is -2.13. The molecule has 5 nitrogen and oxygen atoms in total. The van der Waals surface area contributed by atoms with E-state index in [2.05, 4.69) is 48.4 Å². The molecule has 0 aliphatic heterocycles. The van der Waals surface area contributed by atoms with Gasteiger partial charge < -0.3 is 5.32 Å². The van der Waals surface area contributed by atoms with E-state index in [0.29, 0.717) is 4.88 Å². The van der Waals surface area contributed by atoms with Gasteiger partial charge >= 0.3 is 0 Å². The third-order valence-corrected chi connectivity index (χ3v) is 5.00. The largest absolute Gasteiger partial charge is 0.321 e. The Morgan fingerprint density at radius 1 is 1.13 bits per heavy atom. The van der Waals surface area contributed by atoms with Gasteiger partial charge in [-0.2, -0.15) is 0 Å². The minimum Gasteiger partial charge on any atom is -0.321 e. The highest BCUT2D eigenvalue weighted by Crippen LogP contribution is 2.26. The van der Waals surface area contributed by atoms with Gasteiger partial charge in [-0.05, 0) is 37.0 Å². The van der Waals surface area contributed by atoms with Crippen LogP contribution in [0.4, 0.5) is 5.69 Å². The van der Waals surface area contributed by atoms with Gasteiger partial charge in [0.1, 0.15) is 10.7 Å². The Kier molecular flexibility index (Phi) is 3.72. The number of carbonyl (C=O) groups excluding carboxylic acids is 1. The molecule has 1 N–H and O–H groups in total. The maximum Gasteiger partial charge on any atom is 0.267 e. The Balaban J connectivity index is 1.84. The Morgan fingerprint density at radius 3 is 2.35 bits per heavy atom. The third kappa shape index (κ3) is 2.86. The predicted octanol–water partition coefficient (Wildman–Crippen LogP) is 3.96. The first kappa shape index (κ1) is 15.7. The lowest BCUT2D eigenvalue weighted by molar-refractivity contribution is 0.102. The second-order valence-electron chi connectivity index (χ2n) is 6.66. The molecule has 120 valence electrons. The van der Waals surface area contributed by atoms with E-state index < -0.39 is 0 Å². The molecule has 0 unspecified atom stereocenters. The van der Waals surface area contributed by atoms with Gasteiger partial charge in [0.25, 0.3) is 5.91 Å². The average molecular weight is 328 g/mol. The van der Waals surface area contributed by atoms with Crippen molar-refractivity contribution in [2.75, 3.05) is 5.32 Å². The molecule has 1 amide bonds. The number of aryl methyl sites for hydroxylation is 2. The second-order valence-corrected chi connectivity index (χ2v) is 7.64. The van der Waals surface area contributed by atoms with Gasteiger partial charge in [0.2, 0.25) is 4.96 Å². The smallest absolute Gasteiger partial charge is 0.267 e. The van der Waals surface area contributed by atoms with Crippen LogP contribution in [0.3, 0.4) is 0 Å². The van der Waals surface area contributed by atoms with Crippen LogP contribution in [0.15, 0.2) is 24.3 Å². The molecule has 3 rings (SSSR count). The highest BCUT2D eigenvalue weighted by Gasteiger charge is 2.19. The Morgan fingerprint density at radius 2 is 1.78 bits per heavy atom. The van der Waals surface area contributed by atoms with E-state index in [0.717, 1.165) is 22.2 Å². The molecular weight excluding hydrogens is 308 g/mol. The fraction of sp³-hybridized carbons (Fsp3) is 0.353. The van der Waals surface area contributed by atoms with E-state index in [4.69, 9.17) is 0 Å². The minimum atomic E-state index is -0.110.